The minimum Gasteiger partial charge on any atom is -0.316 e. The molecule has 2 rings (SSSR count). The fourth-order valence-corrected chi connectivity index (χ4v) is 2.75. The number of hydrogen-bond donors (Lipinski definition) is 1. The molecule has 0 atom stereocenters. The summed E-state index contributed by atoms with van der Waals surface area (Å²) >= 11 is 1.71. The average Bonchev–Trinajstić information content (AvgIpc) is 2.62. The minimum atomic E-state index is 0.532. The van der Waals surface area contributed by atoms with Gasteiger partial charge in [-0.1, -0.05) is 13.3 Å². The normalized spacial score (nSPS) is 19.2. The summed E-state index contributed by atoms with van der Waals surface area (Å²) in [4.78, 5) is 4.38. The Balaban J connectivity index is 1.92. The quantitative estimate of drug-likeness (QED) is 0.807. The number of nitrogens with zero attached hydrogens (tertiary/aromatic N) is 1. The third-order valence-corrected chi connectivity index (χ3v) is 3.84. The van der Waals surface area contributed by atoms with E-state index in [-0.39, 0.29) is 0 Å². The summed E-state index contributed by atoms with van der Waals surface area (Å²) in [5.41, 5.74) is 3.76. The van der Waals surface area contributed by atoms with E-state index < -0.39 is 0 Å². The van der Waals surface area contributed by atoms with Gasteiger partial charge in [-0.15, -0.1) is 11.3 Å². The van der Waals surface area contributed by atoms with Crippen LogP contribution in [0.25, 0.3) is 0 Å². The second-order valence-electron chi connectivity index (χ2n) is 4.29. The maximum Gasteiger partial charge on any atom is 0.0794 e. The number of hydrogen-bond acceptors (Lipinski definition) is 3. The third-order valence-electron chi connectivity index (χ3n) is 3.20. The van der Waals surface area contributed by atoms with Crippen molar-refractivity contribution in [3.05, 3.63) is 16.6 Å². The van der Waals surface area contributed by atoms with Crippen LogP contribution in [-0.2, 0) is 6.42 Å². The zero-order valence-electron chi connectivity index (χ0n) is 8.75. The lowest BCUT2D eigenvalue weighted by atomic mass is 9.66. The van der Waals surface area contributed by atoms with Crippen molar-refractivity contribution in [2.45, 2.75) is 32.6 Å². The smallest absolute Gasteiger partial charge is 0.0794 e. The van der Waals surface area contributed by atoms with Gasteiger partial charge < -0.3 is 5.32 Å². The zero-order valence-corrected chi connectivity index (χ0v) is 9.57. The molecule has 14 heavy (non-hydrogen) atoms. The molecule has 0 aromatic carbocycles. The molecule has 1 aliphatic carbocycles. The Labute approximate surface area is 89.8 Å². The van der Waals surface area contributed by atoms with Crippen LogP contribution in [0, 0.1) is 5.41 Å². The number of thiazole rings is 1. The van der Waals surface area contributed by atoms with Gasteiger partial charge in [-0.25, -0.2) is 4.98 Å². The topological polar surface area (TPSA) is 24.9 Å². The lowest BCUT2D eigenvalue weighted by molar-refractivity contribution is 0.130. The van der Waals surface area contributed by atoms with Crippen LogP contribution in [0.2, 0.25) is 0 Å². The molecule has 2 nitrogen and oxygen atoms in total. The first-order chi connectivity index (χ1) is 6.85. The molecule has 3 heteroatoms. The number of aromatic nitrogens is 1. The molecule has 1 aromatic rings. The molecule has 1 N–H and O–H groups in total. The van der Waals surface area contributed by atoms with Crippen LogP contribution in [0.3, 0.4) is 0 Å². The van der Waals surface area contributed by atoms with Crippen molar-refractivity contribution in [1.29, 1.82) is 0 Å². The van der Waals surface area contributed by atoms with Gasteiger partial charge >= 0.3 is 0 Å². The summed E-state index contributed by atoms with van der Waals surface area (Å²) in [6.45, 7) is 4.43. The van der Waals surface area contributed by atoms with Crippen LogP contribution >= 0.6 is 11.3 Å². The Bertz CT molecular complexity index is 265. The van der Waals surface area contributed by atoms with Crippen LogP contribution in [-0.4, -0.2) is 18.1 Å². The summed E-state index contributed by atoms with van der Waals surface area (Å²) in [5, 5.41) is 5.67. The second kappa shape index (κ2) is 4.41. The van der Waals surface area contributed by atoms with E-state index in [1.807, 2.05) is 5.51 Å². The number of nitrogens with one attached hydrogen (secondary N) is 1. The summed E-state index contributed by atoms with van der Waals surface area (Å²) in [5.74, 6) is 0. The Morgan fingerprint density at radius 2 is 2.43 bits per heavy atom. The van der Waals surface area contributed by atoms with Gasteiger partial charge in [0.15, 0.2) is 0 Å². The van der Waals surface area contributed by atoms with Gasteiger partial charge in [0.1, 0.15) is 0 Å². The molecular weight excluding hydrogens is 192 g/mol. The molecule has 0 amide bonds. The summed E-state index contributed by atoms with van der Waals surface area (Å²) in [6.07, 6.45) is 5.31. The monoisotopic (exact) mass is 210 g/mol. The first kappa shape index (κ1) is 10.1. The first-order valence-electron chi connectivity index (χ1n) is 5.42. The van der Waals surface area contributed by atoms with Crippen molar-refractivity contribution in [3.63, 3.8) is 0 Å². The fraction of sp³-hybridized carbons (Fsp3) is 0.727. The molecule has 0 spiro atoms. The third kappa shape index (κ3) is 2.15. The van der Waals surface area contributed by atoms with Gasteiger partial charge in [0.2, 0.25) is 0 Å². The predicted molar refractivity (Wildman–Crippen MR) is 60.6 cm³/mol. The van der Waals surface area contributed by atoms with E-state index >= 15 is 0 Å². The van der Waals surface area contributed by atoms with E-state index in [2.05, 4.69) is 22.6 Å². The highest BCUT2D eigenvalue weighted by Crippen LogP contribution is 2.42. The first-order valence-corrected chi connectivity index (χ1v) is 6.37. The van der Waals surface area contributed by atoms with Crippen LogP contribution in [0.15, 0.2) is 10.9 Å². The lowest BCUT2D eigenvalue weighted by Gasteiger charge is -2.42. The summed E-state index contributed by atoms with van der Waals surface area (Å²) in [7, 11) is 0. The van der Waals surface area contributed by atoms with Crippen LogP contribution in [0.4, 0.5) is 0 Å². The Hall–Kier alpha value is -0.410. The molecule has 78 valence electrons. The van der Waals surface area contributed by atoms with Gasteiger partial charge in [0.05, 0.1) is 11.2 Å². The van der Waals surface area contributed by atoms with Crippen molar-refractivity contribution >= 4 is 11.3 Å². The fourth-order valence-electron chi connectivity index (χ4n) is 2.19. The Morgan fingerprint density at radius 3 is 2.93 bits per heavy atom. The van der Waals surface area contributed by atoms with Crippen molar-refractivity contribution in [1.82, 2.24) is 10.3 Å². The molecule has 1 aliphatic rings. The maximum absolute atomic E-state index is 4.38. The van der Waals surface area contributed by atoms with Gasteiger partial charge in [-0.2, -0.15) is 0 Å². The van der Waals surface area contributed by atoms with E-state index in [9.17, 15) is 0 Å². The molecule has 0 radical (unpaired) electrons. The zero-order chi connectivity index (χ0) is 9.86. The molecule has 0 unspecified atom stereocenters. The predicted octanol–water partition coefficient (Wildman–Crippen LogP) is 2.47. The summed E-state index contributed by atoms with van der Waals surface area (Å²) < 4.78 is 0. The molecule has 1 aromatic heterocycles. The maximum atomic E-state index is 4.38. The molecule has 1 heterocycles. The van der Waals surface area contributed by atoms with Gasteiger partial charge in [-0.3, -0.25) is 0 Å². The average molecular weight is 210 g/mol. The van der Waals surface area contributed by atoms with Crippen molar-refractivity contribution in [3.8, 4) is 0 Å². The highest BCUT2D eigenvalue weighted by atomic mass is 32.1. The molecule has 0 bridgehead atoms. The van der Waals surface area contributed by atoms with Gasteiger partial charge in [0.25, 0.3) is 0 Å². The van der Waals surface area contributed by atoms with E-state index in [4.69, 9.17) is 0 Å². The summed E-state index contributed by atoms with van der Waals surface area (Å²) in [6, 6.07) is 0. The van der Waals surface area contributed by atoms with E-state index in [0.29, 0.717) is 5.41 Å². The van der Waals surface area contributed by atoms with Crippen molar-refractivity contribution in [2.24, 2.45) is 5.41 Å². The lowest BCUT2D eigenvalue weighted by Crippen LogP contribution is -2.41. The van der Waals surface area contributed by atoms with E-state index in [1.165, 1.54) is 37.9 Å². The molecule has 1 fully saturated rings. The molecule has 0 aliphatic heterocycles. The molecular formula is C11H18N2S. The molecule has 1 saturated carbocycles. The highest BCUT2D eigenvalue weighted by Gasteiger charge is 2.36. The van der Waals surface area contributed by atoms with E-state index in [1.54, 1.807) is 11.3 Å². The largest absolute Gasteiger partial charge is 0.316 e. The van der Waals surface area contributed by atoms with Gasteiger partial charge in [-0.05, 0) is 31.2 Å². The number of rotatable bonds is 5. The van der Waals surface area contributed by atoms with E-state index in [0.717, 1.165) is 6.54 Å². The van der Waals surface area contributed by atoms with Crippen molar-refractivity contribution < 1.29 is 0 Å². The SMILES string of the molecule is CCNCC1(Cc2cscn2)CCC1. The highest BCUT2D eigenvalue weighted by molar-refractivity contribution is 7.07. The standard InChI is InChI=1S/C11H18N2S/c1-2-12-8-11(4-3-5-11)6-10-7-14-9-13-10/h7,9,12H,2-6,8H2,1H3. The second-order valence-corrected chi connectivity index (χ2v) is 5.01. The van der Waals surface area contributed by atoms with Crippen molar-refractivity contribution in [2.75, 3.05) is 13.1 Å². The Kier molecular flexibility index (Phi) is 3.19. The van der Waals surface area contributed by atoms with Crippen LogP contribution in [0.1, 0.15) is 31.9 Å². The minimum absolute atomic E-state index is 0.532. The Morgan fingerprint density at radius 1 is 1.57 bits per heavy atom. The molecule has 0 saturated heterocycles. The van der Waals surface area contributed by atoms with Gasteiger partial charge in [0, 0.05) is 11.9 Å². The van der Waals surface area contributed by atoms with Crippen LogP contribution < -0.4 is 5.32 Å². The van der Waals surface area contributed by atoms with Crippen LogP contribution in [0.5, 0.6) is 0 Å².